The van der Waals surface area contributed by atoms with Gasteiger partial charge in [-0.2, -0.15) is 0 Å². The molecule has 0 aliphatic carbocycles. The summed E-state index contributed by atoms with van der Waals surface area (Å²) in [6.07, 6.45) is -0.357. The number of primary amides is 1. The fourth-order valence-electron chi connectivity index (χ4n) is 4.31. The number of hydrogen-bond acceptors (Lipinski definition) is 9. The first kappa shape index (κ1) is 40.9. The smallest absolute Gasteiger partial charge is 0.407 e. The number of hydrogen-bond donors (Lipinski definition) is 10. The van der Waals surface area contributed by atoms with Gasteiger partial charge >= 0.3 is 18.2 Å². The van der Waals surface area contributed by atoms with Crippen LogP contribution in [0.25, 0.3) is 0 Å². The second-order valence-electron chi connectivity index (χ2n) is 11.2. The molecule has 0 radical (unpaired) electrons. The Morgan fingerprint density at radius 2 is 1.40 bits per heavy atom. The van der Waals surface area contributed by atoms with Crippen molar-refractivity contribution in [1.29, 1.82) is 0 Å². The number of rotatable bonds is 21. The Morgan fingerprint density at radius 1 is 0.771 bits per heavy atom. The van der Waals surface area contributed by atoms with Gasteiger partial charge in [-0.05, 0) is 55.7 Å². The van der Waals surface area contributed by atoms with Crippen LogP contribution in [0.15, 0.2) is 24.3 Å². The third-order valence-electron chi connectivity index (χ3n) is 6.74. The van der Waals surface area contributed by atoms with Gasteiger partial charge < -0.3 is 58.5 Å². The second-order valence-corrected chi connectivity index (χ2v) is 11.2. The first-order chi connectivity index (χ1) is 22.7. The minimum absolute atomic E-state index is 0.0107. The molecule has 0 aliphatic rings. The van der Waals surface area contributed by atoms with E-state index in [1.54, 1.807) is 38.1 Å². The van der Waals surface area contributed by atoms with E-state index < -0.39 is 65.9 Å². The molecule has 0 saturated carbocycles. The van der Waals surface area contributed by atoms with Gasteiger partial charge in [0.15, 0.2) is 0 Å². The highest BCUT2D eigenvalue weighted by Crippen LogP contribution is 2.13. The van der Waals surface area contributed by atoms with Gasteiger partial charge in [-0.15, -0.1) is 0 Å². The van der Waals surface area contributed by atoms with Crippen molar-refractivity contribution in [3.05, 3.63) is 29.8 Å². The van der Waals surface area contributed by atoms with Gasteiger partial charge in [0.25, 0.3) is 0 Å². The Hall–Kier alpha value is -5.13. The lowest BCUT2D eigenvalue weighted by Gasteiger charge is -2.27. The Morgan fingerprint density at radius 3 is 1.98 bits per heavy atom. The number of unbranched alkanes of at least 4 members (excludes halogenated alkanes) is 1. The molecule has 0 aliphatic heterocycles. The average molecular weight is 680 g/mol. The number of carboxylic acid groups (broad SMARTS) is 1. The van der Waals surface area contributed by atoms with Gasteiger partial charge in [0.05, 0.1) is 0 Å². The van der Waals surface area contributed by atoms with Gasteiger partial charge in [-0.3, -0.25) is 19.2 Å². The molecule has 0 unspecified atom stereocenters. The third kappa shape index (κ3) is 17.5. The summed E-state index contributed by atoms with van der Waals surface area (Å²) >= 11 is 0. The van der Waals surface area contributed by atoms with Gasteiger partial charge in [0.2, 0.25) is 23.6 Å². The Kier molecular flexibility index (Phi) is 19.1. The van der Waals surface area contributed by atoms with E-state index >= 15 is 0 Å². The molecule has 268 valence electrons. The van der Waals surface area contributed by atoms with Crippen LogP contribution in [0, 0.1) is 5.92 Å². The highest BCUT2D eigenvalue weighted by Gasteiger charge is 2.31. The van der Waals surface area contributed by atoms with E-state index in [4.69, 9.17) is 21.3 Å². The zero-order valence-corrected chi connectivity index (χ0v) is 27.6. The number of ether oxygens (including phenoxy) is 1. The first-order valence-corrected chi connectivity index (χ1v) is 15.6. The number of anilines is 1. The number of urea groups is 1. The van der Waals surface area contributed by atoms with Crippen molar-refractivity contribution in [3.8, 4) is 0 Å². The van der Waals surface area contributed by atoms with Crippen LogP contribution in [-0.2, 0) is 30.5 Å². The normalized spacial score (nSPS) is 12.4. The maximum Gasteiger partial charge on any atom is 0.407 e. The number of nitrogens with two attached hydrogens (primary N) is 2. The van der Waals surface area contributed by atoms with E-state index in [2.05, 4.69) is 37.2 Å². The maximum absolute atomic E-state index is 13.5. The van der Waals surface area contributed by atoms with Crippen LogP contribution in [-0.4, -0.2) is 91.3 Å². The van der Waals surface area contributed by atoms with Gasteiger partial charge in [0.1, 0.15) is 24.7 Å². The Balaban J connectivity index is 2.97. The zero-order chi connectivity index (χ0) is 36.1. The summed E-state index contributed by atoms with van der Waals surface area (Å²) in [6, 6.07) is 2.61. The molecule has 0 saturated heterocycles. The summed E-state index contributed by atoms with van der Waals surface area (Å²) in [4.78, 5) is 85.1. The summed E-state index contributed by atoms with van der Waals surface area (Å²) in [7, 11) is 0. The monoisotopic (exact) mass is 679 g/mol. The van der Waals surface area contributed by atoms with E-state index in [1.807, 2.05) is 0 Å². The largest absolute Gasteiger partial charge is 0.465 e. The van der Waals surface area contributed by atoms with Gasteiger partial charge in [-0.25, -0.2) is 14.4 Å². The SMILES string of the molecule is CC(=O)N[C@@H](CCCCNC(=O)O)C(=O)N[C@H](C(=O)N[C@@H](CCCNC(N)=O)C(=O)Nc1ccc(COC(=O)NCCN)cc1)C(C)C. The molecule has 48 heavy (non-hydrogen) atoms. The lowest BCUT2D eigenvalue weighted by molar-refractivity contribution is -0.133. The fourth-order valence-corrected chi connectivity index (χ4v) is 4.31. The van der Waals surface area contributed by atoms with Crippen LogP contribution >= 0.6 is 0 Å². The van der Waals surface area contributed by atoms with E-state index in [0.29, 0.717) is 24.1 Å². The molecule has 1 rings (SSSR count). The number of alkyl carbamates (subject to hydrolysis) is 1. The standard InChI is InChI=1S/C30H49N9O9/c1-18(2)24(39-26(42)22(36-19(3)40)7-4-5-14-34-29(45)46)27(43)38-23(8-6-15-33-28(32)44)25(41)37-21-11-9-20(10-12-21)17-48-30(47)35-16-13-31/h9-12,18,22-24,34H,4-8,13-17,31H2,1-3H3,(H,35,47)(H,36,40)(H,37,41)(H,38,43)(H,39,42)(H,45,46)(H3,32,33,44)/t22-,23-,24-/m0/s1. The molecule has 1 aromatic carbocycles. The van der Waals surface area contributed by atoms with Crippen molar-refractivity contribution in [2.45, 2.75) is 77.6 Å². The molecule has 0 aromatic heterocycles. The number of benzene rings is 1. The quantitative estimate of drug-likeness (QED) is 0.0765. The Bertz CT molecular complexity index is 1230. The van der Waals surface area contributed by atoms with Crippen LogP contribution in [0.5, 0.6) is 0 Å². The first-order valence-electron chi connectivity index (χ1n) is 15.6. The molecule has 8 amide bonds. The number of amides is 8. The molecule has 18 nitrogen and oxygen atoms in total. The third-order valence-corrected chi connectivity index (χ3v) is 6.74. The zero-order valence-electron chi connectivity index (χ0n) is 27.6. The molecular formula is C30H49N9O9. The molecule has 12 N–H and O–H groups in total. The van der Waals surface area contributed by atoms with Crippen LogP contribution in [0.3, 0.4) is 0 Å². The predicted molar refractivity (Wildman–Crippen MR) is 175 cm³/mol. The van der Waals surface area contributed by atoms with Crippen molar-refractivity contribution >= 4 is 47.5 Å². The molecular weight excluding hydrogens is 630 g/mol. The summed E-state index contributed by atoms with van der Waals surface area (Å²) in [6.45, 7) is 5.51. The molecule has 0 spiro atoms. The molecule has 3 atom stereocenters. The van der Waals surface area contributed by atoms with E-state index in [1.165, 1.54) is 6.92 Å². The summed E-state index contributed by atoms with van der Waals surface area (Å²) in [5.74, 6) is -2.70. The molecule has 0 fully saturated rings. The molecule has 0 bridgehead atoms. The highest BCUT2D eigenvalue weighted by molar-refractivity contribution is 5.99. The van der Waals surface area contributed by atoms with Crippen LogP contribution in [0.1, 0.15) is 58.4 Å². The number of carbonyl (C=O) groups excluding carboxylic acids is 6. The topological polar surface area (TPSA) is 285 Å². The predicted octanol–water partition coefficient (Wildman–Crippen LogP) is -0.173. The van der Waals surface area contributed by atoms with Crippen LogP contribution in [0.2, 0.25) is 0 Å². The van der Waals surface area contributed by atoms with Gasteiger partial charge in [0, 0.05) is 38.8 Å². The molecule has 0 heterocycles. The van der Waals surface area contributed by atoms with Crippen LogP contribution in [0.4, 0.5) is 20.1 Å². The Labute approximate surface area is 279 Å². The molecule has 18 heteroatoms. The van der Waals surface area contributed by atoms with E-state index in [-0.39, 0.29) is 52.0 Å². The van der Waals surface area contributed by atoms with Crippen LogP contribution < -0.4 is 48.7 Å². The number of nitrogens with one attached hydrogen (secondary N) is 7. The van der Waals surface area contributed by atoms with Crippen molar-refractivity contribution in [3.63, 3.8) is 0 Å². The molecule has 1 aromatic rings. The number of carbonyl (C=O) groups is 7. The summed E-state index contributed by atoms with van der Waals surface area (Å²) < 4.78 is 5.09. The lowest BCUT2D eigenvalue weighted by atomic mass is 10.0. The van der Waals surface area contributed by atoms with E-state index in [9.17, 15) is 33.6 Å². The minimum atomic E-state index is -1.17. The van der Waals surface area contributed by atoms with Crippen molar-refractivity contribution in [1.82, 2.24) is 31.9 Å². The van der Waals surface area contributed by atoms with Crippen molar-refractivity contribution < 1.29 is 43.4 Å². The fraction of sp³-hybridized carbons (Fsp3) is 0.567. The van der Waals surface area contributed by atoms with Crippen molar-refractivity contribution in [2.75, 3.05) is 31.5 Å². The highest BCUT2D eigenvalue weighted by atomic mass is 16.5. The summed E-state index contributed by atoms with van der Waals surface area (Å²) in [5.41, 5.74) is 11.5. The second kappa shape index (κ2) is 22.4. The van der Waals surface area contributed by atoms with Crippen molar-refractivity contribution in [2.24, 2.45) is 17.4 Å². The minimum Gasteiger partial charge on any atom is -0.465 e. The van der Waals surface area contributed by atoms with E-state index in [0.717, 1.165) is 0 Å². The van der Waals surface area contributed by atoms with Gasteiger partial charge in [-0.1, -0.05) is 26.0 Å². The average Bonchev–Trinajstić information content (AvgIpc) is 3.02. The maximum atomic E-state index is 13.5. The summed E-state index contributed by atoms with van der Waals surface area (Å²) in [5, 5.41) is 26.5. The lowest BCUT2D eigenvalue weighted by Crippen LogP contribution is -2.57.